The summed E-state index contributed by atoms with van der Waals surface area (Å²) in [7, 11) is 0. The highest BCUT2D eigenvalue weighted by Gasteiger charge is 2.00. The molecule has 0 bridgehead atoms. The van der Waals surface area contributed by atoms with Crippen molar-refractivity contribution in [2.75, 3.05) is 17.6 Å². The summed E-state index contributed by atoms with van der Waals surface area (Å²) in [5.74, 6) is 0. The molecule has 92 valence electrons. The van der Waals surface area contributed by atoms with E-state index in [1.54, 1.807) is 10.9 Å². The largest absolute Gasteiger partial charge is 0.398 e. The number of benzene rings is 1. The van der Waals surface area contributed by atoms with Crippen molar-refractivity contribution in [2.45, 2.75) is 13.0 Å². The summed E-state index contributed by atoms with van der Waals surface area (Å²) in [6.07, 6.45) is 3.78. The minimum atomic E-state index is 0.324. The molecule has 0 saturated heterocycles. The van der Waals surface area contributed by atoms with Crippen molar-refractivity contribution in [3.05, 3.63) is 36.2 Å². The molecule has 0 aliphatic carbocycles. The molecule has 1 heterocycles. The Kier molecular flexibility index (Phi) is 3.76. The maximum atomic E-state index is 8.69. The molecular formula is C12H14N6. The van der Waals surface area contributed by atoms with Gasteiger partial charge in [-0.05, 0) is 23.8 Å². The molecule has 0 aliphatic heterocycles. The second kappa shape index (κ2) is 5.68. The fraction of sp³-hybridized carbons (Fsp3) is 0.250. The molecule has 6 heteroatoms. The minimum absolute atomic E-state index is 0.324. The molecule has 0 saturated carbocycles. The second-order valence-corrected chi connectivity index (χ2v) is 3.84. The van der Waals surface area contributed by atoms with Crippen LogP contribution in [0.1, 0.15) is 5.56 Å². The van der Waals surface area contributed by atoms with Gasteiger partial charge in [0.25, 0.3) is 0 Å². The van der Waals surface area contributed by atoms with Gasteiger partial charge >= 0.3 is 0 Å². The summed E-state index contributed by atoms with van der Waals surface area (Å²) in [6, 6.07) is 7.71. The van der Waals surface area contributed by atoms with Crippen LogP contribution in [0.3, 0.4) is 0 Å². The van der Waals surface area contributed by atoms with E-state index in [-0.39, 0.29) is 0 Å². The van der Waals surface area contributed by atoms with Crippen LogP contribution >= 0.6 is 0 Å². The first-order valence-electron chi connectivity index (χ1n) is 5.63. The lowest BCUT2D eigenvalue weighted by Gasteiger charge is -2.09. The standard InChI is InChI=1S/C12H14N6/c13-4-3-10-9-11(1-2-12(10)14)15-5-7-18-8-6-16-17-18/h1-2,6,8-9,15H,3,5,7,14H2. The lowest BCUT2D eigenvalue weighted by molar-refractivity contribution is 0.609. The highest BCUT2D eigenvalue weighted by molar-refractivity contribution is 5.57. The van der Waals surface area contributed by atoms with Gasteiger partial charge in [0, 0.05) is 24.1 Å². The summed E-state index contributed by atoms with van der Waals surface area (Å²) in [5, 5.41) is 19.5. The van der Waals surface area contributed by atoms with Crippen molar-refractivity contribution < 1.29 is 0 Å². The number of anilines is 2. The molecule has 0 radical (unpaired) electrons. The topological polar surface area (TPSA) is 92.5 Å². The van der Waals surface area contributed by atoms with E-state index in [0.717, 1.165) is 24.3 Å². The van der Waals surface area contributed by atoms with Gasteiger partial charge in [-0.25, -0.2) is 0 Å². The smallest absolute Gasteiger partial charge is 0.0692 e. The van der Waals surface area contributed by atoms with E-state index >= 15 is 0 Å². The van der Waals surface area contributed by atoms with Crippen molar-refractivity contribution in [3.63, 3.8) is 0 Å². The van der Waals surface area contributed by atoms with Gasteiger partial charge in [0.1, 0.15) is 0 Å². The van der Waals surface area contributed by atoms with Crippen LogP contribution in [-0.2, 0) is 13.0 Å². The van der Waals surface area contributed by atoms with Crippen LogP contribution in [0.2, 0.25) is 0 Å². The summed E-state index contributed by atoms with van der Waals surface area (Å²) in [4.78, 5) is 0. The zero-order valence-electron chi connectivity index (χ0n) is 9.87. The SMILES string of the molecule is N#CCc1cc(NCCn2ccnn2)ccc1N. The predicted octanol–water partition coefficient (Wildman–Crippen LogP) is 1.04. The third kappa shape index (κ3) is 2.98. The molecule has 0 atom stereocenters. The monoisotopic (exact) mass is 242 g/mol. The summed E-state index contributed by atoms with van der Waals surface area (Å²) in [5.41, 5.74) is 8.23. The first-order valence-corrected chi connectivity index (χ1v) is 5.63. The zero-order chi connectivity index (χ0) is 12.8. The minimum Gasteiger partial charge on any atom is -0.398 e. The van der Waals surface area contributed by atoms with Gasteiger partial charge < -0.3 is 11.1 Å². The number of nitriles is 1. The fourth-order valence-electron chi connectivity index (χ4n) is 1.62. The van der Waals surface area contributed by atoms with E-state index in [9.17, 15) is 0 Å². The van der Waals surface area contributed by atoms with Crippen LogP contribution in [0.15, 0.2) is 30.6 Å². The molecule has 2 rings (SSSR count). The van der Waals surface area contributed by atoms with Crippen molar-refractivity contribution in [1.82, 2.24) is 15.0 Å². The van der Waals surface area contributed by atoms with Crippen molar-refractivity contribution in [1.29, 1.82) is 5.26 Å². The second-order valence-electron chi connectivity index (χ2n) is 3.84. The van der Waals surface area contributed by atoms with Gasteiger partial charge in [-0.15, -0.1) is 5.10 Å². The summed E-state index contributed by atoms with van der Waals surface area (Å²) in [6.45, 7) is 1.47. The highest BCUT2D eigenvalue weighted by atomic mass is 15.4. The quantitative estimate of drug-likeness (QED) is 0.764. The normalized spacial score (nSPS) is 9.94. The number of nitrogen functional groups attached to an aromatic ring is 1. The average molecular weight is 242 g/mol. The predicted molar refractivity (Wildman–Crippen MR) is 68.7 cm³/mol. The average Bonchev–Trinajstić information content (AvgIpc) is 2.87. The van der Waals surface area contributed by atoms with E-state index in [1.165, 1.54) is 0 Å². The Bertz CT molecular complexity index is 540. The van der Waals surface area contributed by atoms with E-state index in [2.05, 4.69) is 21.7 Å². The molecule has 3 N–H and O–H groups in total. The Labute approximate surface area is 105 Å². The van der Waals surface area contributed by atoms with Crippen molar-refractivity contribution >= 4 is 11.4 Å². The molecule has 6 nitrogen and oxygen atoms in total. The number of hydrogen-bond acceptors (Lipinski definition) is 5. The Balaban J connectivity index is 1.93. The van der Waals surface area contributed by atoms with Crippen LogP contribution in [0.25, 0.3) is 0 Å². The number of rotatable bonds is 5. The molecule has 1 aromatic carbocycles. The van der Waals surface area contributed by atoms with E-state index in [1.807, 2.05) is 24.4 Å². The Morgan fingerprint density at radius 1 is 1.44 bits per heavy atom. The molecule has 0 aliphatic rings. The van der Waals surface area contributed by atoms with Crippen LogP contribution in [-0.4, -0.2) is 21.5 Å². The lowest BCUT2D eigenvalue weighted by atomic mass is 10.1. The third-order valence-electron chi connectivity index (χ3n) is 2.55. The number of nitrogens with one attached hydrogen (secondary N) is 1. The number of nitrogens with zero attached hydrogens (tertiary/aromatic N) is 4. The molecule has 0 fully saturated rings. The van der Waals surface area contributed by atoms with E-state index < -0.39 is 0 Å². The van der Waals surface area contributed by atoms with Crippen LogP contribution in [0, 0.1) is 11.3 Å². The first-order chi connectivity index (χ1) is 8.79. The molecule has 18 heavy (non-hydrogen) atoms. The van der Waals surface area contributed by atoms with Crippen LogP contribution in [0.4, 0.5) is 11.4 Å². The molecule has 2 aromatic rings. The number of nitrogens with two attached hydrogens (primary N) is 1. The summed E-state index contributed by atoms with van der Waals surface area (Å²) >= 11 is 0. The maximum Gasteiger partial charge on any atom is 0.0692 e. The molecule has 0 spiro atoms. The summed E-state index contributed by atoms with van der Waals surface area (Å²) < 4.78 is 1.75. The van der Waals surface area contributed by atoms with Gasteiger partial charge in [0.05, 0.1) is 25.2 Å². The lowest BCUT2D eigenvalue weighted by Crippen LogP contribution is -2.11. The van der Waals surface area contributed by atoms with Gasteiger partial charge in [0.2, 0.25) is 0 Å². The Hall–Kier alpha value is -2.55. The third-order valence-corrected chi connectivity index (χ3v) is 2.55. The van der Waals surface area contributed by atoms with Gasteiger partial charge in [-0.2, -0.15) is 5.26 Å². The molecular weight excluding hydrogens is 228 g/mol. The van der Waals surface area contributed by atoms with Crippen molar-refractivity contribution in [3.8, 4) is 6.07 Å². The maximum absolute atomic E-state index is 8.69. The zero-order valence-corrected chi connectivity index (χ0v) is 9.87. The van der Waals surface area contributed by atoms with Crippen LogP contribution < -0.4 is 11.1 Å². The molecule has 1 aromatic heterocycles. The molecule has 0 unspecified atom stereocenters. The van der Waals surface area contributed by atoms with E-state index in [0.29, 0.717) is 12.1 Å². The Morgan fingerprint density at radius 3 is 3.06 bits per heavy atom. The van der Waals surface area contributed by atoms with Gasteiger partial charge in [-0.3, -0.25) is 4.68 Å². The van der Waals surface area contributed by atoms with E-state index in [4.69, 9.17) is 11.0 Å². The van der Waals surface area contributed by atoms with Crippen LogP contribution in [0.5, 0.6) is 0 Å². The Morgan fingerprint density at radius 2 is 2.33 bits per heavy atom. The fourth-order valence-corrected chi connectivity index (χ4v) is 1.62. The number of hydrogen-bond donors (Lipinski definition) is 2. The van der Waals surface area contributed by atoms with Gasteiger partial charge in [0.15, 0.2) is 0 Å². The number of aromatic nitrogens is 3. The molecule has 0 amide bonds. The van der Waals surface area contributed by atoms with Gasteiger partial charge in [-0.1, -0.05) is 5.21 Å². The highest BCUT2D eigenvalue weighted by Crippen LogP contribution is 2.18. The first kappa shape index (κ1) is 11.9. The van der Waals surface area contributed by atoms with Crippen molar-refractivity contribution in [2.24, 2.45) is 0 Å².